The molecule has 1 aliphatic rings. The zero-order chi connectivity index (χ0) is 12.1. The molecule has 2 atom stereocenters. The third kappa shape index (κ3) is 2.97. The van der Waals surface area contributed by atoms with Crippen LogP contribution in [0.2, 0.25) is 0 Å². The van der Waals surface area contributed by atoms with E-state index >= 15 is 0 Å². The van der Waals surface area contributed by atoms with Crippen molar-refractivity contribution in [3.8, 4) is 5.75 Å². The van der Waals surface area contributed by atoms with Gasteiger partial charge < -0.3 is 19.5 Å². The second-order valence-electron chi connectivity index (χ2n) is 4.03. The summed E-state index contributed by atoms with van der Waals surface area (Å²) in [7, 11) is 3.61. The molecular formula is C13H19NO3. The summed E-state index contributed by atoms with van der Waals surface area (Å²) in [6.07, 6.45) is 0.0563. The Morgan fingerprint density at radius 3 is 2.94 bits per heavy atom. The molecule has 0 saturated carbocycles. The zero-order valence-corrected chi connectivity index (χ0v) is 10.3. The Balaban J connectivity index is 2.15. The molecule has 17 heavy (non-hydrogen) atoms. The van der Waals surface area contributed by atoms with Crippen molar-refractivity contribution < 1.29 is 14.2 Å². The SMILES string of the molecule is CNC(c1cccc(OC)c1)C1COCCO1. The van der Waals surface area contributed by atoms with Crippen LogP contribution >= 0.6 is 0 Å². The first-order valence-corrected chi connectivity index (χ1v) is 5.85. The van der Waals surface area contributed by atoms with Crippen LogP contribution in [-0.2, 0) is 9.47 Å². The van der Waals surface area contributed by atoms with E-state index in [1.807, 2.05) is 25.2 Å². The van der Waals surface area contributed by atoms with Crippen molar-refractivity contribution in [3.05, 3.63) is 29.8 Å². The molecule has 1 saturated heterocycles. The zero-order valence-electron chi connectivity index (χ0n) is 10.3. The highest BCUT2D eigenvalue weighted by molar-refractivity contribution is 5.31. The number of benzene rings is 1. The van der Waals surface area contributed by atoms with Crippen LogP contribution in [0.5, 0.6) is 5.75 Å². The molecule has 1 aromatic carbocycles. The maximum absolute atomic E-state index is 5.73. The summed E-state index contributed by atoms with van der Waals surface area (Å²) in [5.74, 6) is 0.861. The van der Waals surface area contributed by atoms with Crippen molar-refractivity contribution in [1.29, 1.82) is 0 Å². The van der Waals surface area contributed by atoms with Crippen LogP contribution in [0.4, 0.5) is 0 Å². The molecule has 4 nitrogen and oxygen atoms in total. The van der Waals surface area contributed by atoms with E-state index in [2.05, 4.69) is 11.4 Å². The summed E-state index contributed by atoms with van der Waals surface area (Å²) in [6.45, 7) is 1.97. The fourth-order valence-corrected chi connectivity index (χ4v) is 2.10. The van der Waals surface area contributed by atoms with E-state index in [1.54, 1.807) is 7.11 Å². The quantitative estimate of drug-likeness (QED) is 0.858. The van der Waals surface area contributed by atoms with Crippen LogP contribution in [0.3, 0.4) is 0 Å². The predicted molar refractivity (Wildman–Crippen MR) is 65.4 cm³/mol. The summed E-state index contributed by atoms with van der Waals surface area (Å²) in [5.41, 5.74) is 1.15. The summed E-state index contributed by atoms with van der Waals surface area (Å²) in [6, 6.07) is 8.16. The first kappa shape index (κ1) is 12.4. The molecule has 0 aliphatic carbocycles. The Morgan fingerprint density at radius 2 is 2.29 bits per heavy atom. The lowest BCUT2D eigenvalue weighted by molar-refractivity contribution is -0.101. The van der Waals surface area contributed by atoms with E-state index in [0.29, 0.717) is 19.8 Å². The number of rotatable bonds is 4. The van der Waals surface area contributed by atoms with Gasteiger partial charge in [-0.15, -0.1) is 0 Å². The molecule has 1 N–H and O–H groups in total. The molecule has 0 amide bonds. The number of hydrogen-bond acceptors (Lipinski definition) is 4. The van der Waals surface area contributed by atoms with E-state index in [1.165, 1.54) is 0 Å². The number of ether oxygens (including phenoxy) is 3. The van der Waals surface area contributed by atoms with Crippen LogP contribution in [0.25, 0.3) is 0 Å². The fourth-order valence-electron chi connectivity index (χ4n) is 2.10. The molecule has 0 aromatic heterocycles. The standard InChI is InChI=1S/C13H19NO3/c1-14-13(12-9-16-6-7-17-12)10-4-3-5-11(8-10)15-2/h3-5,8,12-14H,6-7,9H2,1-2H3. The molecule has 1 heterocycles. The van der Waals surface area contributed by atoms with Crippen LogP contribution < -0.4 is 10.1 Å². The minimum Gasteiger partial charge on any atom is -0.497 e. The van der Waals surface area contributed by atoms with Crippen molar-refractivity contribution in [2.75, 3.05) is 34.0 Å². The number of nitrogens with one attached hydrogen (secondary N) is 1. The van der Waals surface area contributed by atoms with Crippen molar-refractivity contribution in [3.63, 3.8) is 0 Å². The Kier molecular flexibility index (Phi) is 4.36. The normalized spacial score (nSPS) is 22.1. The van der Waals surface area contributed by atoms with Gasteiger partial charge in [-0.05, 0) is 24.7 Å². The molecule has 2 unspecified atom stereocenters. The smallest absolute Gasteiger partial charge is 0.119 e. The van der Waals surface area contributed by atoms with Crippen molar-refractivity contribution in [2.24, 2.45) is 0 Å². The monoisotopic (exact) mass is 237 g/mol. The van der Waals surface area contributed by atoms with E-state index in [9.17, 15) is 0 Å². The van der Waals surface area contributed by atoms with Gasteiger partial charge in [-0.25, -0.2) is 0 Å². The molecule has 2 rings (SSSR count). The average Bonchev–Trinajstić information content (AvgIpc) is 2.41. The second-order valence-corrected chi connectivity index (χ2v) is 4.03. The molecule has 0 spiro atoms. The lowest BCUT2D eigenvalue weighted by atomic mass is 10.0. The van der Waals surface area contributed by atoms with Gasteiger partial charge in [0.05, 0.1) is 33.0 Å². The number of likely N-dealkylation sites (N-methyl/N-ethyl adjacent to an activating group) is 1. The predicted octanol–water partition coefficient (Wildman–Crippen LogP) is 1.37. The molecule has 94 valence electrons. The second kappa shape index (κ2) is 6.00. The maximum atomic E-state index is 5.73. The van der Waals surface area contributed by atoms with E-state index < -0.39 is 0 Å². The van der Waals surface area contributed by atoms with Gasteiger partial charge in [0, 0.05) is 0 Å². The Labute approximate surface area is 102 Å². The summed E-state index contributed by atoms with van der Waals surface area (Å²) < 4.78 is 16.4. The number of methoxy groups -OCH3 is 1. The van der Waals surface area contributed by atoms with Gasteiger partial charge in [-0.1, -0.05) is 12.1 Å². The van der Waals surface area contributed by atoms with Gasteiger partial charge in [0.1, 0.15) is 11.9 Å². The van der Waals surface area contributed by atoms with Gasteiger partial charge in [-0.2, -0.15) is 0 Å². The van der Waals surface area contributed by atoms with Gasteiger partial charge in [0.15, 0.2) is 0 Å². The van der Waals surface area contributed by atoms with Crippen molar-refractivity contribution in [2.45, 2.75) is 12.1 Å². The highest BCUT2D eigenvalue weighted by Gasteiger charge is 2.25. The molecule has 1 aliphatic heterocycles. The Bertz CT molecular complexity index is 350. The first-order chi connectivity index (χ1) is 8.35. The third-order valence-electron chi connectivity index (χ3n) is 2.98. The van der Waals surface area contributed by atoms with Crippen molar-refractivity contribution >= 4 is 0 Å². The minimum absolute atomic E-state index is 0.0563. The van der Waals surface area contributed by atoms with Crippen LogP contribution in [0.15, 0.2) is 24.3 Å². The van der Waals surface area contributed by atoms with Crippen LogP contribution in [-0.4, -0.2) is 40.1 Å². The molecule has 4 heteroatoms. The Hall–Kier alpha value is -1.10. The largest absolute Gasteiger partial charge is 0.497 e. The van der Waals surface area contributed by atoms with Gasteiger partial charge in [-0.3, -0.25) is 0 Å². The van der Waals surface area contributed by atoms with Gasteiger partial charge in [0.2, 0.25) is 0 Å². The lowest BCUT2D eigenvalue weighted by Crippen LogP contribution is -2.39. The third-order valence-corrected chi connectivity index (χ3v) is 2.98. The molecule has 1 aromatic rings. The Morgan fingerprint density at radius 1 is 1.41 bits per heavy atom. The van der Waals surface area contributed by atoms with Gasteiger partial charge in [0.25, 0.3) is 0 Å². The summed E-state index contributed by atoms with van der Waals surface area (Å²) >= 11 is 0. The molecule has 0 bridgehead atoms. The lowest BCUT2D eigenvalue weighted by Gasteiger charge is -2.30. The van der Waals surface area contributed by atoms with Gasteiger partial charge >= 0.3 is 0 Å². The minimum atomic E-state index is 0.0563. The molecule has 0 radical (unpaired) electrons. The molecule has 1 fully saturated rings. The van der Waals surface area contributed by atoms with Crippen LogP contribution in [0.1, 0.15) is 11.6 Å². The van der Waals surface area contributed by atoms with E-state index in [4.69, 9.17) is 14.2 Å². The van der Waals surface area contributed by atoms with E-state index in [0.717, 1.165) is 11.3 Å². The topological polar surface area (TPSA) is 39.7 Å². The van der Waals surface area contributed by atoms with Crippen LogP contribution in [0, 0.1) is 0 Å². The fraction of sp³-hybridized carbons (Fsp3) is 0.538. The first-order valence-electron chi connectivity index (χ1n) is 5.85. The van der Waals surface area contributed by atoms with Crippen molar-refractivity contribution in [1.82, 2.24) is 5.32 Å². The highest BCUT2D eigenvalue weighted by atomic mass is 16.6. The number of hydrogen-bond donors (Lipinski definition) is 1. The summed E-state index contributed by atoms with van der Waals surface area (Å²) in [4.78, 5) is 0. The van der Waals surface area contributed by atoms with E-state index in [-0.39, 0.29) is 12.1 Å². The maximum Gasteiger partial charge on any atom is 0.119 e. The average molecular weight is 237 g/mol. The summed E-state index contributed by atoms with van der Waals surface area (Å²) in [5, 5.41) is 3.28. The molecular weight excluding hydrogens is 218 g/mol. The highest BCUT2D eigenvalue weighted by Crippen LogP contribution is 2.24.